The van der Waals surface area contributed by atoms with Crippen molar-refractivity contribution < 1.29 is 4.74 Å². The van der Waals surface area contributed by atoms with E-state index in [4.69, 9.17) is 4.74 Å². The highest BCUT2D eigenvalue weighted by molar-refractivity contribution is 4.94. The smallest absolute Gasteiger partial charge is 0.0594 e. The lowest BCUT2D eigenvalue weighted by atomic mass is 9.75. The highest BCUT2D eigenvalue weighted by Gasteiger charge is 2.37. The summed E-state index contributed by atoms with van der Waals surface area (Å²) in [5.41, 5.74) is 0. The van der Waals surface area contributed by atoms with Gasteiger partial charge < -0.3 is 10.1 Å². The van der Waals surface area contributed by atoms with Crippen LogP contribution in [0.15, 0.2) is 0 Å². The molecule has 1 aliphatic carbocycles. The van der Waals surface area contributed by atoms with E-state index in [0.29, 0.717) is 6.04 Å². The van der Waals surface area contributed by atoms with Crippen molar-refractivity contribution in [1.82, 2.24) is 10.2 Å². The Morgan fingerprint density at radius 2 is 1.88 bits per heavy atom. The third-order valence-electron chi connectivity index (χ3n) is 4.36. The van der Waals surface area contributed by atoms with Gasteiger partial charge in [-0.05, 0) is 31.2 Å². The van der Waals surface area contributed by atoms with E-state index in [0.717, 1.165) is 50.7 Å². The molecule has 0 spiro atoms. The van der Waals surface area contributed by atoms with Crippen LogP contribution in [0.5, 0.6) is 0 Å². The number of ether oxygens (including phenoxy) is 1. The van der Waals surface area contributed by atoms with Crippen LogP contribution in [0.4, 0.5) is 0 Å². The molecule has 0 bridgehead atoms. The molecule has 2 rings (SSSR count). The Balaban J connectivity index is 2.03. The molecule has 3 nitrogen and oxygen atoms in total. The molecule has 1 aliphatic heterocycles. The molecular weight excluding hydrogens is 212 g/mol. The summed E-state index contributed by atoms with van der Waals surface area (Å²) in [7, 11) is 0. The lowest BCUT2D eigenvalue weighted by molar-refractivity contribution is -0.0210. The van der Waals surface area contributed by atoms with Crippen LogP contribution in [0, 0.1) is 11.8 Å². The maximum absolute atomic E-state index is 5.48. The lowest BCUT2D eigenvalue weighted by Crippen LogP contribution is -2.58. The van der Waals surface area contributed by atoms with Gasteiger partial charge in [0.15, 0.2) is 0 Å². The molecule has 17 heavy (non-hydrogen) atoms. The molecular formula is C14H28N2O. The van der Waals surface area contributed by atoms with Gasteiger partial charge in [0.25, 0.3) is 0 Å². The number of rotatable bonds is 3. The van der Waals surface area contributed by atoms with Crippen molar-refractivity contribution in [2.24, 2.45) is 11.8 Å². The number of hydrogen-bond donors (Lipinski definition) is 1. The van der Waals surface area contributed by atoms with E-state index in [1.807, 2.05) is 0 Å². The summed E-state index contributed by atoms with van der Waals surface area (Å²) in [6.45, 7) is 12.2. The molecule has 1 heterocycles. The molecule has 4 atom stereocenters. The van der Waals surface area contributed by atoms with E-state index in [-0.39, 0.29) is 0 Å². The van der Waals surface area contributed by atoms with Gasteiger partial charge in [-0.3, -0.25) is 4.90 Å². The van der Waals surface area contributed by atoms with E-state index in [2.05, 4.69) is 31.0 Å². The summed E-state index contributed by atoms with van der Waals surface area (Å²) in [5.74, 6) is 1.67. The molecule has 4 unspecified atom stereocenters. The predicted molar refractivity (Wildman–Crippen MR) is 71.2 cm³/mol. The van der Waals surface area contributed by atoms with Gasteiger partial charge in [-0.25, -0.2) is 0 Å². The predicted octanol–water partition coefficient (Wildman–Crippen LogP) is 1.73. The van der Waals surface area contributed by atoms with Gasteiger partial charge in [0.2, 0.25) is 0 Å². The molecule has 0 aromatic carbocycles. The first kappa shape index (κ1) is 13.3. The van der Waals surface area contributed by atoms with Crippen molar-refractivity contribution >= 4 is 0 Å². The Morgan fingerprint density at radius 3 is 2.53 bits per heavy atom. The van der Waals surface area contributed by atoms with Crippen molar-refractivity contribution in [3.05, 3.63) is 0 Å². The van der Waals surface area contributed by atoms with Gasteiger partial charge in [-0.2, -0.15) is 0 Å². The average Bonchev–Trinajstić information content (AvgIpc) is 2.30. The number of nitrogens with one attached hydrogen (secondary N) is 1. The number of nitrogens with zero attached hydrogens (tertiary/aromatic N) is 1. The number of hydrogen-bond acceptors (Lipinski definition) is 3. The molecule has 3 heteroatoms. The minimum Gasteiger partial charge on any atom is -0.379 e. The Labute approximate surface area is 106 Å². The largest absolute Gasteiger partial charge is 0.379 e. The SMILES string of the molecule is CCNC1CC(C)CC(C)C1N1CCOCC1. The fourth-order valence-electron chi connectivity index (χ4n) is 3.80. The Kier molecular flexibility index (Phi) is 4.83. The molecule has 0 aromatic heterocycles. The van der Waals surface area contributed by atoms with Crippen LogP contribution in [0.2, 0.25) is 0 Å². The number of likely N-dealkylation sites (N-methyl/N-ethyl adjacent to an activating group) is 1. The molecule has 0 radical (unpaired) electrons. The quantitative estimate of drug-likeness (QED) is 0.813. The lowest BCUT2D eigenvalue weighted by Gasteiger charge is -2.47. The zero-order chi connectivity index (χ0) is 12.3. The molecule has 1 saturated heterocycles. The third-order valence-corrected chi connectivity index (χ3v) is 4.36. The Morgan fingerprint density at radius 1 is 1.18 bits per heavy atom. The molecule has 0 amide bonds. The van der Waals surface area contributed by atoms with Gasteiger partial charge >= 0.3 is 0 Å². The zero-order valence-electron chi connectivity index (χ0n) is 11.6. The van der Waals surface area contributed by atoms with E-state index in [1.165, 1.54) is 12.8 Å². The van der Waals surface area contributed by atoms with Crippen molar-refractivity contribution in [2.75, 3.05) is 32.8 Å². The first-order valence-electron chi connectivity index (χ1n) is 7.27. The van der Waals surface area contributed by atoms with Crippen LogP contribution in [0.3, 0.4) is 0 Å². The van der Waals surface area contributed by atoms with Crippen molar-refractivity contribution in [1.29, 1.82) is 0 Å². The first-order valence-corrected chi connectivity index (χ1v) is 7.27. The maximum Gasteiger partial charge on any atom is 0.0594 e. The van der Waals surface area contributed by atoms with E-state index in [1.54, 1.807) is 0 Å². The van der Waals surface area contributed by atoms with Crippen LogP contribution in [0.25, 0.3) is 0 Å². The highest BCUT2D eigenvalue weighted by Crippen LogP contribution is 2.32. The van der Waals surface area contributed by atoms with Crippen LogP contribution in [-0.4, -0.2) is 49.8 Å². The molecule has 0 aromatic rings. The topological polar surface area (TPSA) is 24.5 Å². The Bertz CT molecular complexity index is 228. The van der Waals surface area contributed by atoms with Crippen molar-refractivity contribution in [2.45, 2.75) is 45.7 Å². The highest BCUT2D eigenvalue weighted by atomic mass is 16.5. The van der Waals surface area contributed by atoms with Gasteiger partial charge in [0, 0.05) is 25.2 Å². The second kappa shape index (κ2) is 6.17. The molecule has 1 saturated carbocycles. The fourth-order valence-corrected chi connectivity index (χ4v) is 3.80. The third kappa shape index (κ3) is 3.21. The van der Waals surface area contributed by atoms with Crippen molar-refractivity contribution in [3.63, 3.8) is 0 Å². The maximum atomic E-state index is 5.48. The van der Waals surface area contributed by atoms with Gasteiger partial charge in [0.05, 0.1) is 13.2 Å². The van der Waals surface area contributed by atoms with E-state index >= 15 is 0 Å². The summed E-state index contributed by atoms with van der Waals surface area (Å²) < 4.78 is 5.48. The second-order valence-corrected chi connectivity index (χ2v) is 5.86. The standard InChI is InChI=1S/C14H28N2O/c1-4-15-13-10-11(2)9-12(3)14(13)16-5-7-17-8-6-16/h11-15H,4-10H2,1-3H3. The average molecular weight is 240 g/mol. The van der Waals surface area contributed by atoms with Gasteiger partial charge in [0.1, 0.15) is 0 Å². The normalized spacial score (nSPS) is 40.4. The second-order valence-electron chi connectivity index (χ2n) is 5.86. The summed E-state index contributed by atoms with van der Waals surface area (Å²) in [5, 5.41) is 3.71. The molecule has 100 valence electrons. The van der Waals surface area contributed by atoms with Crippen molar-refractivity contribution in [3.8, 4) is 0 Å². The zero-order valence-corrected chi connectivity index (χ0v) is 11.6. The fraction of sp³-hybridized carbons (Fsp3) is 1.00. The Hall–Kier alpha value is -0.120. The summed E-state index contributed by atoms with van der Waals surface area (Å²) in [6.07, 6.45) is 2.71. The molecule has 2 aliphatic rings. The molecule has 1 N–H and O–H groups in total. The van der Waals surface area contributed by atoms with Crippen LogP contribution in [-0.2, 0) is 4.74 Å². The van der Waals surface area contributed by atoms with Crippen LogP contribution < -0.4 is 5.32 Å². The van der Waals surface area contributed by atoms with Gasteiger partial charge in [-0.1, -0.05) is 20.8 Å². The summed E-state index contributed by atoms with van der Waals surface area (Å²) in [4.78, 5) is 2.66. The van der Waals surface area contributed by atoms with Crippen LogP contribution in [0.1, 0.15) is 33.6 Å². The monoisotopic (exact) mass is 240 g/mol. The van der Waals surface area contributed by atoms with Crippen LogP contribution >= 0.6 is 0 Å². The van der Waals surface area contributed by atoms with E-state index < -0.39 is 0 Å². The number of morpholine rings is 1. The first-order chi connectivity index (χ1) is 8.22. The van der Waals surface area contributed by atoms with E-state index in [9.17, 15) is 0 Å². The summed E-state index contributed by atoms with van der Waals surface area (Å²) in [6, 6.07) is 1.40. The minimum absolute atomic E-state index is 0.678. The van der Waals surface area contributed by atoms with Gasteiger partial charge in [-0.15, -0.1) is 0 Å². The molecule has 2 fully saturated rings. The minimum atomic E-state index is 0.678. The summed E-state index contributed by atoms with van der Waals surface area (Å²) >= 11 is 0.